The molecule has 4 rings (SSSR count). The highest BCUT2D eigenvalue weighted by Gasteiger charge is 2.30. The van der Waals surface area contributed by atoms with Crippen molar-refractivity contribution in [1.82, 2.24) is 14.8 Å². The van der Waals surface area contributed by atoms with Crippen molar-refractivity contribution in [3.8, 4) is 10.6 Å². The van der Waals surface area contributed by atoms with E-state index in [1.54, 1.807) is 6.20 Å². The molecule has 5 nitrogen and oxygen atoms in total. The Bertz CT molecular complexity index is 1010. The molecule has 1 saturated heterocycles. The minimum absolute atomic E-state index is 0.0503. The van der Waals surface area contributed by atoms with E-state index in [4.69, 9.17) is 0 Å². The van der Waals surface area contributed by atoms with Crippen molar-refractivity contribution in [1.29, 1.82) is 0 Å². The van der Waals surface area contributed by atoms with Crippen LogP contribution in [0.15, 0.2) is 66.9 Å². The van der Waals surface area contributed by atoms with E-state index in [1.807, 2.05) is 70.5 Å². The maximum atomic E-state index is 13.3. The van der Waals surface area contributed by atoms with Crippen molar-refractivity contribution in [2.24, 2.45) is 0 Å². The van der Waals surface area contributed by atoms with Crippen LogP contribution in [-0.2, 0) is 0 Å². The van der Waals surface area contributed by atoms with Gasteiger partial charge in [0.1, 0.15) is 9.88 Å². The van der Waals surface area contributed by atoms with Crippen LogP contribution >= 0.6 is 11.3 Å². The number of carbonyl (C=O) groups is 2. The van der Waals surface area contributed by atoms with E-state index in [0.717, 1.165) is 35.4 Å². The minimum Gasteiger partial charge on any atom is -0.338 e. The Kier molecular flexibility index (Phi) is 6.77. The van der Waals surface area contributed by atoms with Crippen LogP contribution in [0.2, 0.25) is 0 Å². The fourth-order valence-corrected chi connectivity index (χ4v) is 4.94. The summed E-state index contributed by atoms with van der Waals surface area (Å²) in [6, 6.07) is 19.5. The maximum Gasteiger partial charge on any atom is 0.265 e. The molecule has 0 aliphatic carbocycles. The zero-order valence-corrected chi connectivity index (χ0v) is 18.6. The molecule has 3 aromatic rings. The molecular weight excluding hydrogens is 406 g/mol. The van der Waals surface area contributed by atoms with Gasteiger partial charge in [-0.2, -0.15) is 0 Å². The van der Waals surface area contributed by atoms with E-state index in [0.29, 0.717) is 24.5 Å². The molecule has 0 unspecified atom stereocenters. The standard InChI is InChI=1S/C25H27N3O2S/c1-2-15-28(25(30)22-18-26-23(31-22)19-9-5-3-6-10-19)21-13-16-27(17-14-21)24(29)20-11-7-4-8-12-20/h3-12,18,21H,2,13-17H2,1H3. The molecule has 1 aliphatic heterocycles. The van der Waals surface area contributed by atoms with Gasteiger partial charge in [0.2, 0.25) is 0 Å². The molecule has 1 fully saturated rings. The summed E-state index contributed by atoms with van der Waals surface area (Å²) in [5.41, 5.74) is 1.75. The first kappa shape index (κ1) is 21.2. The van der Waals surface area contributed by atoms with Crippen LogP contribution in [0.4, 0.5) is 0 Å². The molecule has 6 heteroatoms. The van der Waals surface area contributed by atoms with Crippen LogP contribution in [0.3, 0.4) is 0 Å². The number of benzene rings is 2. The fraction of sp³-hybridized carbons (Fsp3) is 0.320. The second-order valence-corrected chi connectivity index (χ2v) is 8.81. The second kappa shape index (κ2) is 9.88. The minimum atomic E-state index is 0.0503. The van der Waals surface area contributed by atoms with Gasteiger partial charge in [0.05, 0.1) is 6.20 Å². The Balaban J connectivity index is 1.43. The van der Waals surface area contributed by atoms with Crippen LogP contribution in [0, 0.1) is 0 Å². The highest BCUT2D eigenvalue weighted by Crippen LogP contribution is 2.28. The topological polar surface area (TPSA) is 53.5 Å². The van der Waals surface area contributed by atoms with E-state index >= 15 is 0 Å². The molecule has 2 heterocycles. The SMILES string of the molecule is CCCN(C(=O)c1cnc(-c2ccccc2)s1)C1CCN(C(=O)c2ccccc2)CC1. The molecule has 0 radical (unpaired) electrons. The lowest BCUT2D eigenvalue weighted by molar-refractivity contribution is 0.0522. The van der Waals surface area contributed by atoms with Crippen LogP contribution in [0.1, 0.15) is 46.2 Å². The summed E-state index contributed by atoms with van der Waals surface area (Å²) in [7, 11) is 0. The van der Waals surface area contributed by atoms with Gasteiger partial charge in [0.25, 0.3) is 11.8 Å². The number of aromatic nitrogens is 1. The van der Waals surface area contributed by atoms with Crippen LogP contribution in [0.25, 0.3) is 10.6 Å². The Labute approximate surface area is 187 Å². The molecule has 0 N–H and O–H groups in total. The van der Waals surface area contributed by atoms with Gasteiger partial charge in [0, 0.05) is 36.8 Å². The van der Waals surface area contributed by atoms with Gasteiger partial charge < -0.3 is 9.80 Å². The molecular formula is C25H27N3O2S. The van der Waals surface area contributed by atoms with Crippen LogP contribution in [0.5, 0.6) is 0 Å². The number of rotatable bonds is 6. The molecule has 0 bridgehead atoms. The van der Waals surface area contributed by atoms with Crippen molar-refractivity contribution < 1.29 is 9.59 Å². The Morgan fingerprint density at radius 1 is 1.03 bits per heavy atom. The van der Waals surface area contributed by atoms with Gasteiger partial charge in [-0.3, -0.25) is 9.59 Å². The summed E-state index contributed by atoms with van der Waals surface area (Å²) in [5, 5.41) is 0.865. The molecule has 2 aromatic carbocycles. The van der Waals surface area contributed by atoms with Crippen molar-refractivity contribution >= 4 is 23.2 Å². The quantitative estimate of drug-likeness (QED) is 0.552. The molecule has 0 saturated carbocycles. The molecule has 31 heavy (non-hydrogen) atoms. The predicted molar refractivity (Wildman–Crippen MR) is 124 cm³/mol. The summed E-state index contributed by atoms with van der Waals surface area (Å²) < 4.78 is 0. The molecule has 0 spiro atoms. The lowest BCUT2D eigenvalue weighted by Crippen LogP contribution is -2.49. The van der Waals surface area contributed by atoms with Gasteiger partial charge in [-0.15, -0.1) is 11.3 Å². The molecule has 1 aliphatic rings. The monoisotopic (exact) mass is 433 g/mol. The largest absolute Gasteiger partial charge is 0.338 e. The average molecular weight is 434 g/mol. The van der Waals surface area contributed by atoms with Gasteiger partial charge in [-0.1, -0.05) is 55.5 Å². The number of hydrogen-bond acceptors (Lipinski definition) is 4. The normalized spacial score (nSPS) is 14.4. The average Bonchev–Trinajstić information content (AvgIpc) is 3.33. The van der Waals surface area contributed by atoms with Crippen LogP contribution in [-0.4, -0.2) is 52.3 Å². The summed E-state index contributed by atoms with van der Waals surface area (Å²) >= 11 is 1.45. The smallest absolute Gasteiger partial charge is 0.265 e. The highest BCUT2D eigenvalue weighted by atomic mass is 32.1. The second-order valence-electron chi connectivity index (χ2n) is 7.78. The molecule has 1 aromatic heterocycles. The number of nitrogens with zero attached hydrogens (tertiary/aromatic N) is 3. The van der Waals surface area contributed by atoms with E-state index in [1.165, 1.54) is 11.3 Å². The Morgan fingerprint density at radius 3 is 2.32 bits per heavy atom. The van der Waals surface area contributed by atoms with E-state index in [9.17, 15) is 9.59 Å². The summed E-state index contributed by atoms with van der Waals surface area (Å²) in [5.74, 6) is 0.122. The highest BCUT2D eigenvalue weighted by molar-refractivity contribution is 7.16. The first-order valence-corrected chi connectivity index (χ1v) is 11.7. The zero-order valence-electron chi connectivity index (χ0n) is 17.7. The number of hydrogen-bond donors (Lipinski definition) is 0. The van der Waals surface area contributed by atoms with Gasteiger partial charge in [-0.05, 0) is 31.4 Å². The van der Waals surface area contributed by atoms with Crippen molar-refractivity contribution in [2.45, 2.75) is 32.2 Å². The van der Waals surface area contributed by atoms with Gasteiger partial charge in [-0.25, -0.2) is 4.98 Å². The van der Waals surface area contributed by atoms with Crippen molar-refractivity contribution in [2.75, 3.05) is 19.6 Å². The van der Waals surface area contributed by atoms with E-state index in [-0.39, 0.29) is 17.9 Å². The molecule has 0 atom stereocenters. The zero-order chi connectivity index (χ0) is 21.6. The molecule has 2 amide bonds. The number of likely N-dealkylation sites (tertiary alicyclic amines) is 1. The molecule has 160 valence electrons. The summed E-state index contributed by atoms with van der Waals surface area (Å²) in [4.78, 5) is 35.1. The Hall–Kier alpha value is -2.99. The lowest BCUT2D eigenvalue weighted by Gasteiger charge is -2.38. The van der Waals surface area contributed by atoms with Gasteiger partial charge in [0.15, 0.2) is 0 Å². The third kappa shape index (κ3) is 4.85. The first-order valence-electron chi connectivity index (χ1n) is 10.8. The number of piperidine rings is 1. The van der Waals surface area contributed by atoms with E-state index < -0.39 is 0 Å². The van der Waals surface area contributed by atoms with Crippen LogP contribution < -0.4 is 0 Å². The summed E-state index contributed by atoms with van der Waals surface area (Å²) in [6.07, 6.45) is 4.20. The Morgan fingerprint density at radius 2 is 1.68 bits per heavy atom. The summed E-state index contributed by atoms with van der Waals surface area (Å²) in [6.45, 7) is 4.15. The maximum absolute atomic E-state index is 13.3. The lowest BCUT2D eigenvalue weighted by atomic mass is 10.0. The van der Waals surface area contributed by atoms with Gasteiger partial charge >= 0.3 is 0 Å². The fourth-order valence-electron chi connectivity index (χ4n) is 4.06. The predicted octanol–water partition coefficient (Wildman–Crippen LogP) is 4.97. The number of amides is 2. The van der Waals surface area contributed by atoms with Crippen molar-refractivity contribution in [3.05, 3.63) is 77.3 Å². The van der Waals surface area contributed by atoms with E-state index in [2.05, 4.69) is 11.9 Å². The van der Waals surface area contributed by atoms with Crippen molar-refractivity contribution in [3.63, 3.8) is 0 Å². The third-order valence-electron chi connectivity index (χ3n) is 5.68. The first-order chi connectivity index (χ1) is 15.2. The number of thiazole rings is 1. The third-order valence-corrected chi connectivity index (χ3v) is 6.71. The number of carbonyl (C=O) groups excluding carboxylic acids is 2.